The van der Waals surface area contributed by atoms with Crippen LogP contribution in [0.4, 0.5) is 5.69 Å². The van der Waals surface area contributed by atoms with Gasteiger partial charge in [-0.05, 0) is 61.7 Å². The summed E-state index contributed by atoms with van der Waals surface area (Å²) in [4.78, 5) is 28.8. The number of unbranched alkanes of at least 4 members (excludes halogenated alkanes) is 1. The Hall–Kier alpha value is -3.76. The van der Waals surface area contributed by atoms with Crippen LogP contribution in [-0.4, -0.2) is 58.5 Å². The Balaban J connectivity index is 2.06. The predicted octanol–water partition coefficient (Wildman–Crippen LogP) is 5.58. The fourth-order valence-electron chi connectivity index (χ4n) is 4.56. The van der Waals surface area contributed by atoms with Crippen molar-refractivity contribution in [2.75, 3.05) is 31.6 Å². The average Bonchev–Trinajstić information content (AvgIpc) is 3.00. The number of amides is 2. The van der Waals surface area contributed by atoms with Crippen LogP contribution in [0, 0.1) is 6.92 Å². The summed E-state index contributed by atoms with van der Waals surface area (Å²) in [5.41, 5.74) is 1.99. The molecule has 43 heavy (non-hydrogen) atoms. The number of nitrogens with zero attached hydrogens (tertiary/aromatic N) is 2. The number of methoxy groups -OCH3 is 2. The summed E-state index contributed by atoms with van der Waals surface area (Å²) in [6.45, 7) is 5.78. The maximum atomic E-state index is 14.2. The van der Waals surface area contributed by atoms with E-state index in [1.54, 1.807) is 48.5 Å². The van der Waals surface area contributed by atoms with Gasteiger partial charge in [0, 0.05) is 24.2 Å². The largest absolute Gasteiger partial charge is 0.493 e. The molecule has 3 aromatic rings. The molecule has 0 fully saturated rings. The lowest BCUT2D eigenvalue weighted by molar-refractivity contribution is -0.140. The van der Waals surface area contributed by atoms with Crippen LogP contribution in [0.3, 0.4) is 0 Å². The number of hydrogen-bond donors (Lipinski definition) is 1. The topological polar surface area (TPSA) is 105 Å². The highest BCUT2D eigenvalue weighted by atomic mass is 35.5. The number of halogens is 1. The highest BCUT2D eigenvalue weighted by Gasteiger charge is 2.34. The van der Waals surface area contributed by atoms with Gasteiger partial charge in [-0.15, -0.1) is 0 Å². The normalized spacial score (nSPS) is 11.9. The second kappa shape index (κ2) is 15.6. The number of sulfonamides is 1. The lowest BCUT2D eigenvalue weighted by Gasteiger charge is -2.33. The first-order valence-corrected chi connectivity index (χ1v) is 16.0. The van der Waals surface area contributed by atoms with Gasteiger partial charge in [-0.2, -0.15) is 0 Å². The molecule has 0 heterocycles. The molecule has 0 aliphatic rings. The third kappa shape index (κ3) is 8.64. The zero-order chi connectivity index (χ0) is 31.6. The predicted molar refractivity (Wildman–Crippen MR) is 169 cm³/mol. The Morgan fingerprint density at radius 2 is 1.58 bits per heavy atom. The van der Waals surface area contributed by atoms with Crippen molar-refractivity contribution in [3.05, 3.63) is 82.9 Å². The minimum Gasteiger partial charge on any atom is -0.493 e. The molecule has 0 unspecified atom stereocenters. The summed E-state index contributed by atoms with van der Waals surface area (Å²) in [6.07, 6.45) is 2.05. The quantitative estimate of drug-likeness (QED) is 0.220. The Morgan fingerprint density at radius 1 is 0.930 bits per heavy atom. The average molecular weight is 630 g/mol. The Labute approximate surface area is 259 Å². The summed E-state index contributed by atoms with van der Waals surface area (Å²) in [5, 5.41) is 3.46. The number of ether oxygens (including phenoxy) is 2. The van der Waals surface area contributed by atoms with E-state index in [9.17, 15) is 18.0 Å². The van der Waals surface area contributed by atoms with Crippen molar-refractivity contribution >= 4 is 39.1 Å². The van der Waals surface area contributed by atoms with Gasteiger partial charge in [0.25, 0.3) is 10.0 Å². The minimum absolute atomic E-state index is 0.0767. The molecule has 0 radical (unpaired) electrons. The maximum absolute atomic E-state index is 14.2. The standard InChI is InChI=1S/C32H40ClN3O6S/c1-6-8-19-34-32(38)28(7-2)35(21-24-11-13-25(33)14-12-24)31(37)22-36(26-15-9-23(3)10-16-26)43(39,40)27-17-18-29(41-4)30(20-27)42-5/h9-18,20,28H,6-8,19,21-22H2,1-5H3,(H,34,38)/t28-/m1/s1. The van der Waals surface area contributed by atoms with E-state index in [-0.39, 0.29) is 23.1 Å². The van der Waals surface area contributed by atoms with Crippen molar-refractivity contribution in [1.82, 2.24) is 10.2 Å². The molecule has 1 atom stereocenters. The van der Waals surface area contributed by atoms with Gasteiger partial charge < -0.3 is 19.7 Å². The van der Waals surface area contributed by atoms with Crippen LogP contribution < -0.4 is 19.1 Å². The smallest absolute Gasteiger partial charge is 0.264 e. The van der Waals surface area contributed by atoms with E-state index in [2.05, 4.69) is 5.32 Å². The minimum atomic E-state index is -4.27. The zero-order valence-electron chi connectivity index (χ0n) is 25.3. The molecule has 11 heteroatoms. The molecule has 0 spiro atoms. The van der Waals surface area contributed by atoms with Gasteiger partial charge >= 0.3 is 0 Å². The number of nitrogens with one attached hydrogen (secondary N) is 1. The number of rotatable bonds is 15. The van der Waals surface area contributed by atoms with E-state index in [1.165, 1.54) is 37.3 Å². The molecule has 1 N–H and O–H groups in total. The van der Waals surface area contributed by atoms with Crippen LogP contribution in [-0.2, 0) is 26.2 Å². The van der Waals surface area contributed by atoms with Crippen LogP contribution in [0.2, 0.25) is 5.02 Å². The van der Waals surface area contributed by atoms with Gasteiger partial charge in [0.15, 0.2) is 11.5 Å². The molecule has 0 aliphatic carbocycles. The summed E-state index contributed by atoms with van der Waals surface area (Å²) >= 11 is 6.08. The fraction of sp³-hybridized carbons (Fsp3) is 0.375. The number of carbonyl (C=O) groups excluding carboxylic acids is 2. The van der Waals surface area contributed by atoms with Crippen LogP contribution in [0.1, 0.15) is 44.2 Å². The van der Waals surface area contributed by atoms with Crippen LogP contribution in [0.25, 0.3) is 0 Å². The number of benzene rings is 3. The molecule has 232 valence electrons. The second-order valence-corrected chi connectivity index (χ2v) is 12.4. The lowest BCUT2D eigenvalue weighted by Crippen LogP contribution is -2.52. The molecule has 0 aliphatic heterocycles. The number of anilines is 1. The Morgan fingerprint density at radius 3 is 2.16 bits per heavy atom. The van der Waals surface area contributed by atoms with Crippen LogP contribution in [0.15, 0.2) is 71.6 Å². The van der Waals surface area contributed by atoms with Gasteiger partial charge in [0.2, 0.25) is 11.8 Å². The molecular formula is C32H40ClN3O6S. The first-order valence-electron chi connectivity index (χ1n) is 14.2. The molecule has 3 rings (SSSR count). The molecular weight excluding hydrogens is 590 g/mol. The molecule has 0 aromatic heterocycles. The summed E-state index contributed by atoms with van der Waals surface area (Å²) < 4.78 is 40.0. The van der Waals surface area contributed by atoms with Gasteiger partial charge in [-0.3, -0.25) is 13.9 Å². The van der Waals surface area contributed by atoms with Crippen LogP contribution >= 0.6 is 11.6 Å². The van der Waals surface area contributed by atoms with Crippen molar-refractivity contribution in [3.8, 4) is 11.5 Å². The number of aryl methyl sites for hydroxylation is 1. The van der Waals surface area contributed by atoms with Crippen molar-refractivity contribution in [3.63, 3.8) is 0 Å². The van der Waals surface area contributed by atoms with Crippen molar-refractivity contribution < 1.29 is 27.5 Å². The van der Waals surface area contributed by atoms with E-state index in [0.717, 1.165) is 28.3 Å². The van der Waals surface area contributed by atoms with E-state index in [1.807, 2.05) is 20.8 Å². The molecule has 0 bridgehead atoms. The van der Waals surface area contributed by atoms with Crippen molar-refractivity contribution in [1.29, 1.82) is 0 Å². The van der Waals surface area contributed by atoms with E-state index < -0.39 is 28.5 Å². The number of hydrogen-bond acceptors (Lipinski definition) is 6. The Kier molecular flexibility index (Phi) is 12.3. The second-order valence-electron chi connectivity index (χ2n) is 10.1. The zero-order valence-corrected chi connectivity index (χ0v) is 26.9. The highest BCUT2D eigenvalue weighted by Crippen LogP contribution is 2.32. The first-order chi connectivity index (χ1) is 20.5. The first kappa shape index (κ1) is 33.7. The van der Waals surface area contributed by atoms with Gasteiger partial charge in [0.1, 0.15) is 12.6 Å². The Bertz CT molecular complexity index is 1480. The van der Waals surface area contributed by atoms with Gasteiger partial charge in [0.05, 0.1) is 24.8 Å². The summed E-state index contributed by atoms with van der Waals surface area (Å²) in [6, 6.07) is 17.3. The summed E-state index contributed by atoms with van der Waals surface area (Å²) in [5.74, 6) is -0.216. The van der Waals surface area contributed by atoms with E-state index in [0.29, 0.717) is 29.4 Å². The van der Waals surface area contributed by atoms with Crippen molar-refractivity contribution in [2.24, 2.45) is 0 Å². The van der Waals surface area contributed by atoms with Gasteiger partial charge in [-0.1, -0.05) is 61.7 Å². The van der Waals surface area contributed by atoms with E-state index >= 15 is 0 Å². The van der Waals surface area contributed by atoms with Gasteiger partial charge in [-0.25, -0.2) is 8.42 Å². The maximum Gasteiger partial charge on any atom is 0.264 e. The third-order valence-corrected chi connectivity index (χ3v) is 9.05. The molecule has 0 saturated carbocycles. The third-order valence-electron chi connectivity index (χ3n) is 7.03. The molecule has 3 aromatic carbocycles. The fourth-order valence-corrected chi connectivity index (χ4v) is 6.11. The lowest BCUT2D eigenvalue weighted by atomic mass is 10.1. The molecule has 2 amide bonds. The summed E-state index contributed by atoms with van der Waals surface area (Å²) in [7, 11) is -1.39. The van der Waals surface area contributed by atoms with Crippen LogP contribution in [0.5, 0.6) is 11.5 Å². The van der Waals surface area contributed by atoms with E-state index in [4.69, 9.17) is 21.1 Å². The highest BCUT2D eigenvalue weighted by molar-refractivity contribution is 7.92. The molecule has 9 nitrogen and oxygen atoms in total. The monoisotopic (exact) mass is 629 g/mol. The number of carbonyl (C=O) groups is 2. The van der Waals surface area contributed by atoms with Crippen molar-refractivity contribution in [2.45, 2.75) is 57.5 Å². The molecule has 0 saturated heterocycles. The SMILES string of the molecule is CCCCNC(=O)[C@@H](CC)N(Cc1ccc(Cl)cc1)C(=O)CN(c1ccc(C)cc1)S(=O)(=O)c1ccc(OC)c(OC)c1.